The maximum Gasteiger partial charge on any atom is 0.181 e. The van der Waals surface area contributed by atoms with Crippen molar-refractivity contribution >= 4 is 28.8 Å². The Morgan fingerprint density at radius 3 is 2.68 bits per heavy atom. The zero-order valence-electron chi connectivity index (χ0n) is 13.6. The second-order valence-electron chi connectivity index (χ2n) is 5.63. The van der Waals surface area contributed by atoms with Gasteiger partial charge in [-0.15, -0.1) is 0 Å². The zero-order valence-corrected chi connectivity index (χ0v) is 13.6. The molecule has 0 aliphatic heterocycles. The molecule has 0 radical (unpaired) electrons. The molecule has 2 aromatic carbocycles. The second kappa shape index (κ2) is 6.24. The topological polar surface area (TPSA) is 68.5 Å². The van der Waals surface area contributed by atoms with Crippen molar-refractivity contribution in [3.05, 3.63) is 66.0 Å². The number of nitrogens with one attached hydrogen (secondary N) is 1. The highest BCUT2D eigenvalue weighted by atomic mass is 16.5. The number of anilines is 1. The first-order valence-corrected chi connectivity index (χ1v) is 7.88. The van der Waals surface area contributed by atoms with Crippen LogP contribution in [-0.4, -0.2) is 27.8 Å². The number of ether oxygens (including phenoxy) is 1. The average molecular weight is 332 g/mol. The molecular weight excluding hydrogens is 316 g/mol. The van der Waals surface area contributed by atoms with Crippen molar-refractivity contribution < 1.29 is 9.53 Å². The molecule has 0 unspecified atom stereocenters. The summed E-state index contributed by atoms with van der Waals surface area (Å²) in [5.41, 5.74) is 3.93. The Morgan fingerprint density at radius 1 is 1.12 bits per heavy atom. The van der Waals surface area contributed by atoms with Crippen molar-refractivity contribution in [1.82, 2.24) is 14.4 Å². The van der Waals surface area contributed by atoms with Crippen LogP contribution >= 0.6 is 0 Å². The molecule has 4 rings (SSSR count). The Bertz CT molecular complexity index is 1050. The van der Waals surface area contributed by atoms with E-state index in [1.54, 1.807) is 13.3 Å². The van der Waals surface area contributed by atoms with Crippen molar-refractivity contribution in [3.8, 4) is 5.75 Å². The number of aromatic nitrogens is 3. The smallest absolute Gasteiger partial charge is 0.181 e. The zero-order chi connectivity index (χ0) is 17.2. The lowest BCUT2D eigenvalue weighted by molar-refractivity contribution is 0.111. The van der Waals surface area contributed by atoms with Crippen LogP contribution in [0.1, 0.15) is 16.1 Å². The number of hydrogen-bond donors (Lipinski definition) is 1. The number of nitrogens with zero attached hydrogens (tertiary/aromatic N) is 3. The SMILES string of the molecule is COc1ccc(CNc2nc(C=O)cn3c2nc2ccccc23)cc1. The number of methoxy groups -OCH3 is 1. The Morgan fingerprint density at radius 2 is 1.92 bits per heavy atom. The third-order valence-electron chi connectivity index (χ3n) is 4.05. The van der Waals surface area contributed by atoms with E-state index in [1.165, 1.54) is 0 Å². The molecule has 6 heteroatoms. The molecule has 1 N–H and O–H groups in total. The summed E-state index contributed by atoms with van der Waals surface area (Å²) in [7, 11) is 1.64. The number of rotatable bonds is 5. The molecule has 25 heavy (non-hydrogen) atoms. The molecule has 0 bridgehead atoms. The van der Waals surface area contributed by atoms with E-state index in [0.717, 1.165) is 28.6 Å². The molecule has 124 valence electrons. The summed E-state index contributed by atoms with van der Waals surface area (Å²) in [4.78, 5) is 20.3. The van der Waals surface area contributed by atoms with Gasteiger partial charge in [-0.05, 0) is 29.8 Å². The van der Waals surface area contributed by atoms with Gasteiger partial charge in [0, 0.05) is 12.7 Å². The van der Waals surface area contributed by atoms with Crippen molar-refractivity contribution in [2.45, 2.75) is 6.54 Å². The number of carbonyl (C=O) groups excluding carboxylic acids is 1. The average Bonchev–Trinajstić information content (AvgIpc) is 3.05. The van der Waals surface area contributed by atoms with Crippen molar-refractivity contribution in [3.63, 3.8) is 0 Å². The van der Waals surface area contributed by atoms with Gasteiger partial charge < -0.3 is 10.1 Å². The summed E-state index contributed by atoms with van der Waals surface area (Å²) < 4.78 is 7.06. The predicted octanol–water partition coefficient (Wildman–Crippen LogP) is 3.32. The predicted molar refractivity (Wildman–Crippen MR) is 96.2 cm³/mol. The maximum absolute atomic E-state index is 11.3. The molecular formula is C19H16N4O2. The van der Waals surface area contributed by atoms with E-state index in [9.17, 15) is 4.79 Å². The van der Waals surface area contributed by atoms with Crippen LogP contribution in [0.25, 0.3) is 16.7 Å². The van der Waals surface area contributed by atoms with E-state index in [-0.39, 0.29) is 0 Å². The third-order valence-corrected chi connectivity index (χ3v) is 4.05. The molecule has 0 saturated heterocycles. The number of imidazole rings is 1. The van der Waals surface area contributed by atoms with E-state index < -0.39 is 0 Å². The molecule has 0 aliphatic rings. The van der Waals surface area contributed by atoms with E-state index in [4.69, 9.17) is 4.74 Å². The first kappa shape index (κ1) is 15.1. The highest BCUT2D eigenvalue weighted by Crippen LogP contribution is 2.22. The molecule has 0 atom stereocenters. The fourth-order valence-electron chi connectivity index (χ4n) is 2.79. The fraction of sp³-hybridized carbons (Fsp3) is 0.105. The van der Waals surface area contributed by atoms with E-state index in [0.29, 0.717) is 23.7 Å². The van der Waals surface area contributed by atoms with Crippen LogP contribution in [0, 0.1) is 0 Å². The normalized spacial score (nSPS) is 10.9. The van der Waals surface area contributed by atoms with Crippen LogP contribution in [0.2, 0.25) is 0 Å². The number of aldehydes is 1. The first-order chi connectivity index (χ1) is 12.3. The lowest BCUT2D eigenvalue weighted by Gasteiger charge is -2.08. The Kier molecular flexibility index (Phi) is 3.78. The monoisotopic (exact) mass is 332 g/mol. The lowest BCUT2D eigenvalue weighted by Crippen LogP contribution is -2.06. The summed E-state index contributed by atoms with van der Waals surface area (Å²) in [6.07, 6.45) is 2.45. The van der Waals surface area contributed by atoms with Gasteiger partial charge in [-0.25, -0.2) is 9.97 Å². The highest BCUT2D eigenvalue weighted by Gasteiger charge is 2.11. The molecule has 6 nitrogen and oxygen atoms in total. The number of carbonyl (C=O) groups is 1. The van der Waals surface area contributed by atoms with Crippen molar-refractivity contribution in [2.75, 3.05) is 12.4 Å². The van der Waals surface area contributed by atoms with E-state index >= 15 is 0 Å². The van der Waals surface area contributed by atoms with Crippen LogP contribution in [0.5, 0.6) is 5.75 Å². The van der Waals surface area contributed by atoms with Crippen LogP contribution < -0.4 is 10.1 Å². The molecule has 0 spiro atoms. The fourth-order valence-corrected chi connectivity index (χ4v) is 2.79. The van der Waals surface area contributed by atoms with Gasteiger partial charge in [0.15, 0.2) is 17.8 Å². The highest BCUT2D eigenvalue weighted by molar-refractivity contribution is 5.85. The summed E-state index contributed by atoms with van der Waals surface area (Å²) >= 11 is 0. The largest absolute Gasteiger partial charge is 0.497 e. The summed E-state index contributed by atoms with van der Waals surface area (Å²) in [6, 6.07) is 15.6. The summed E-state index contributed by atoms with van der Waals surface area (Å²) in [5, 5.41) is 3.28. The second-order valence-corrected chi connectivity index (χ2v) is 5.63. The van der Waals surface area contributed by atoms with Gasteiger partial charge in [-0.3, -0.25) is 9.20 Å². The van der Waals surface area contributed by atoms with Crippen molar-refractivity contribution in [2.24, 2.45) is 0 Å². The molecule has 0 amide bonds. The summed E-state index contributed by atoms with van der Waals surface area (Å²) in [6.45, 7) is 0.568. The number of fused-ring (bicyclic) bond motifs is 3. The Balaban J connectivity index is 1.73. The van der Waals surface area contributed by atoms with Gasteiger partial charge >= 0.3 is 0 Å². The Hall–Kier alpha value is -3.41. The minimum atomic E-state index is 0.355. The van der Waals surface area contributed by atoms with Gasteiger partial charge in [-0.2, -0.15) is 0 Å². The third kappa shape index (κ3) is 2.78. The Labute approximate surface area is 144 Å². The molecule has 4 aromatic rings. The molecule has 0 aliphatic carbocycles. The van der Waals surface area contributed by atoms with Crippen LogP contribution in [0.15, 0.2) is 54.7 Å². The molecule has 2 aromatic heterocycles. The minimum absolute atomic E-state index is 0.355. The molecule has 2 heterocycles. The van der Waals surface area contributed by atoms with Gasteiger partial charge in [0.25, 0.3) is 0 Å². The summed E-state index contributed by atoms with van der Waals surface area (Å²) in [5.74, 6) is 1.39. The van der Waals surface area contributed by atoms with E-state index in [1.807, 2.05) is 52.9 Å². The van der Waals surface area contributed by atoms with E-state index in [2.05, 4.69) is 15.3 Å². The molecule has 0 fully saturated rings. The van der Waals surface area contributed by atoms with Gasteiger partial charge in [0.2, 0.25) is 0 Å². The maximum atomic E-state index is 11.3. The number of hydrogen-bond acceptors (Lipinski definition) is 5. The molecule has 0 saturated carbocycles. The van der Waals surface area contributed by atoms with Gasteiger partial charge in [-0.1, -0.05) is 24.3 Å². The first-order valence-electron chi connectivity index (χ1n) is 7.88. The lowest BCUT2D eigenvalue weighted by atomic mass is 10.2. The number of benzene rings is 2. The quantitative estimate of drug-likeness (QED) is 0.568. The minimum Gasteiger partial charge on any atom is -0.497 e. The van der Waals surface area contributed by atoms with Gasteiger partial charge in [0.05, 0.1) is 18.1 Å². The van der Waals surface area contributed by atoms with Gasteiger partial charge in [0.1, 0.15) is 11.4 Å². The van der Waals surface area contributed by atoms with Crippen LogP contribution in [0.4, 0.5) is 5.82 Å². The number of para-hydroxylation sites is 2. The van der Waals surface area contributed by atoms with Crippen LogP contribution in [0.3, 0.4) is 0 Å². The van der Waals surface area contributed by atoms with Crippen LogP contribution in [-0.2, 0) is 6.54 Å². The van der Waals surface area contributed by atoms with Crippen molar-refractivity contribution in [1.29, 1.82) is 0 Å². The standard InChI is InChI=1S/C19H16N4O2/c1-25-15-8-6-13(7-9-15)10-20-18-19-22-16-4-2-3-5-17(16)23(19)11-14(12-24)21-18/h2-9,11-12H,10H2,1H3,(H,20,21).